The van der Waals surface area contributed by atoms with Crippen molar-refractivity contribution in [3.05, 3.63) is 0 Å². The maximum absolute atomic E-state index is 12.5. The highest BCUT2D eigenvalue weighted by atomic mass is 16.2. The summed E-state index contributed by atoms with van der Waals surface area (Å²) < 4.78 is 0. The van der Waals surface area contributed by atoms with Crippen LogP contribution in [0.4, 0.5) is 0 Å². The number of rotatable bonds is 2. The Kier molecular flexibility index (Phi) is 3.84. The van der Waals surface area contributed by atoms with Gasteiger partial charge in [-0.2, -0.15) is 0 Å². The molecule has 2 heterocycles. The van der Waals surface area contributed by atoms with Crippen LogP contribution in [-0.4, -0.2) is 37.0 Å². The van der Waals surface area contributed by atoms with Crippen LogP contribution in [0.15, 0.2) is 0 Å². The molecule has 0 aromatic rings. The van der Waals surface area contributed by atoms with E-state index in [1.165, 1.54) is 45.2 Å². The number of carbonyl (C=O) groups excluding carboxylic acids is 1. The third-order valence-electron chi connectivity index (χ3n) is 5.85. The number of nitrogens with one attached hydrogen (secondary N) is 1. The Hall–Kier alpha value is -0.570. The van der Waals surface area contributed by atoms with Gasteiger partial charge in [-0.1, -0.05) is 13.3 Å². The van der Waals surface area contributed by atoms with Crippen LogP contribution in [0.1, 0.15) is 51.9 Å². The molecule has 0 unspecified atom stereocenters. The van der Waals surface area contributed by atoms with Crippen LogP contribution < -0.4 is 5.32 Å². The van der Waals surface area contributed by atoms with Gasteiger partial charge in [0.05, 0.1) is 0 Å². The summed E-state index contributed by atoms with van der Waals surface area (Å²) in [6, 6.07) is 0. The molecule has 0 atom stereocenters. The first-order valence-electron chi connectivity index (χ1n) is 8.19. The second kappa shape index (κ2) is 5.43. The van der Waals surface area contributed by atoms with Gasteiger partial charge in [-0.25, -0.2) is 0 Å². The molecule has 1 amide bonds. The number of piperidine rings is 2. The topological polar surface area (TPSA) is 32.3 Å². The lowest BCUT2D eigenvalue weighted by atomic mass is 9.69. The highest BCUT2D eigenvalue weighted by Gasteiger charge is 2.42. The molecule has 0 radical (unpaired) electrons. The highest BCUT2D eigenvalue weighted by molar-refractivity contribution is 5.83. The minimum Gasteiger partial charge on any atom is -0.342 e. The predicted octanol–water partition coefficient (Wildman–Crippen LogP) is 2.41. The molecule has 2 saturated heterocycles. The third kappa shape index (κ3) is 2.67. The third-order valence-corrected chi connectivity index (χ3v) is 5.85. The van der Waals surface area contributed by atoms with E-state index < -0.39 is 0 Å². The molecule has 3 nitrogen and oxygen atoms in total. The molecule has 108 valence electrons. The maximum Gasteiger partial charge on any atom is 0.228 e. The average Bonchev–Trinajstić information content (AvgIpc) is 2.45. The number of carbonyl (C=O) groups is 1. The van der Waals surface area contributed by atoms with E-state index in [1.54, 1.807) is 0 Å². The molecule has 1 N–H and O–H groups in total. The van der Waals surface area contributed by atoms with E-state index >= 15 is 0 Å². The van der Waals surface area contributed by atoms with Crippen LogP contribution in [0.2, 0.25) is 0 Å². The molecule has 1 aliphatic carbocycles. The Labute approximate surface area is 117 Å². The Balaban J connectivity index is 1.50. The molecule has 1 saturated carbocycles. The molecule has 3 rings (SSSR count). The Bertz CT molecular complexity index is 324. The molecule has 3 fully saturated rings. The number of nitrogens with zero attached hydrogens (tertiary/aromatic N) is 1. The average molecular weight is 264 g/mol. The minimum absolute atomic E-state index is 0.00158. The minimum atomic E-state index is 0.00158. The zero-order chi connectivity index (χ0) is 13.3. The number of hydrogen-bond acceptors (Lipinski definition) is 2. The van der Waals surface area contributed by atoms with Crippen molar-refractivity contribution in [2.45, 2.75) is 51.9 Å². The van der Waals surface area contributed by atoms with Gasteiger partial charge in [-0.05, 0) is 63.5 Å². The van der Waals surface area contributed by atoms with Crippen LogP contribution in [0.3, 0.4) is 0 Å². The maximum atomic E-state index is 12.5. The first kappa shape index (κ1) is 13.4. The largest absolute Gasteiger partial charge is 0.342 e. The van der Waals surface area contributed by atoms with E-state index in [0.717, 1.165) is 37.8 Å². The van der Waals surface area contributed by atoms with E-state index in [-0.39, 0.29) is 5.41 Å². The van der Waals surface area contributed by atoms with Gasteiger partial charge in [0.2, 0.25) is 5.91 Å². The van der Waals surface area contributed by atoms with Crippen LogP contribution in [0.5, 0.6) is 0 Å². The van der Waals surface area contributed by atoms with Crippen molar-refractivity contribution in [2.75, 3.05) is 26.2 Å². The molecule has 3 aliphatic rings. The molecule has 0 aromatic carbocycles. The summed E-state index contributed by atoms with van der Waals surface area (Å²) >= 11 is 0. The van der Waals surface area contributed by atoms with E-state index in [2.05, 4.69) is 17.1 Å². The van der Waals surface area contributed by atoms with E-state index in [4.69, 9.17) is 0 Å². The van der Waals surface area contributed by atoms with Gasteiger partial charge in [0, 0.05) is 18.5 Å². The molecule has 2 aliphatic heterocycles. The number of likely N-dealkylation sites (tertiary alicyclic amines) is 1. The summed E-state index contributed by atoms with van der Waals surface area (Å²) in [4.78, 5) is 14.7. The SMILES string of the molecule is CC1(C(=O)N2CCC(C3CCNCC3)CC2)CCC1. The van der Waals surface area contributed by atoms with E-state index in [1.807, 2.05) is 0 Å². The fourth-order valence-electron chi connectivity index (χ4n) is 4.19. The molecule has 19 heavy (non-hydrogen) atoms. The van der Waals surface area contributed by atoms with Gasteiger partial charge in [-0.15, -0.1) is 0 Å². The Morgan fingerprint density at radius 2 is 1.63 bits per heavy atom. The van der Waals surface area contributed by atoms with Crippen molar-refractivity contribution in [1.82, 2.24) is 10.2 Å². The zero-order valence-electron chi connectivity index (χ0n) is 12.3. The van der Waals surface area contributed by atoms with Crippen molar-refractivity contribution in [2.24, 2.45) is 17.3 Å². The summed E-state index contributed by atoms with van der Waals surface area (Å²) in [7, 11) is 0. The molecule has 3 heteroatoms. The molecule has 0 aromatic heterocycles. The standard InChI is InChI=1S/C16H28N2O/c1-16(7-2-8-16)15(19)18-11-5-14(6-12-18)13-3-9-17-10-4-13/h13-14,17H,2-12H2,1H3. The summed E-state index contributed by atoms with van der Waals surface area (Å²) in [5.74, 6) is 2.24. The van der Waals surface area contributed by atoms with Crippen molar-refractivity contribution in [3.8, 4) is 0 Å². The van der Waals surface area contributed by atoms with Gasteiger partial charge in [-0.3, -0.25) is 4.79 Å². The second-order valence-corrected chi connectivity index (χ2v) is 7.13. The zero-order valence-corrected chi connectivity index (χ0v) is 12.3. The summed E-state index contributed by atoms with van der Waals surface area (Å²) in [6.07, 6.45) is 8.64. The van der Waals surface area contributed by atoms with Crippen molar-refractivity contribution >= 4 is 5.91 Å². The van der Waals surface area contributed by atoms with Crippen LogP contribution in [0, 0.1) is 17.3 Å². The molecule has 0 bridgehead atoms. The summed E-state index contributed by atoms with van der Waals surface area (Å²) in [6.45, 7) is 6.59. The monoisotopic (exact) mass is 264 g/mol. The molecular formula is C16H28N2O. The number of hydrogen-bond donors (Lipinski definition) is 1. The molecular weight excluding hydrogens is 236 g/mol. The predicted molar refractivity (Wildman–Crippen MR) is 76.9 cm³/mol. The van der Waals surface area contributed by atoms with E-state index in [0.29, 0.717) is 5.91 Å². The lowest BCUT2D eigenvalue weighted by molar-refractivity contribution is -0.147. The van der Waals surface area contributed by atoms with Gasteiger partial charge in [0.1, 0.15) is 0 Å². The summed E-state index contributed by atoms with van der Waals surface area (Å²) in [5, 5.41) is 3.45. The Morgan fingerprint density at radius 3 is 2.16 bits per heavy atom. The lowest BCUT2D eigenvalue weighted by Gasteiger charge is -2.44. The van der Waals surface area contributed by atoms with Crippen molar-refractivity contribution in [3.63, 3.8) is 0 Å². The first-order valence-corrected chi connectivity index (χ1v) is 8.19. The van der Waals surface area contributed by atoms with E-state index in [9.17, 15) is 4.79 Å². The quantitative estimate of drug-likeness (QED) is 0.830. The van der Waals surface area contributed by atoms with Crippen LogP contribution in [-0.2, 0) is 4.79 Å². The van der Waals surface area contributed by atoms with Crippen LogP contribution >= 0.6 is 0 Å². The van der Waals surface area contributed by atoms with Crippen molar-refractivity contribution in [1.29, 1.82) is 0 Å². The van der Waals surface area contributed by atoms with Gasteiger partial charge in [0.15, 0.2) is 0 Å². The fourth-order valence-corrected chi connectivity index (χ4v) is 4.19. The first-order chi connectivity index (χ1) is 9.19. The van der Waals surface area contributed by atoms with Gasteiger partial charge < -0.3 is 10.2 Å². The lowest BCUT2D eigenvalue weighted by Crippen LogP contribution is -2.49. The number of amides is 1. The smallest absolute Gasteiger partial charge is 0.228 e. The van der Waals surface area contributed by atoms with Gasteiger partial charge in [0.25, 0.3) is 0 Å². The molecule has 0 spiro atoms. The fraction of sp³-hybridized carbons (Fsp3) is 0.938. The Morgan fingerprint density at radius 1 is 1.05 bits per heavy atom. The van der Waals surface area contributed by atoms with Crippen LogP contribution in [0.25, 0.3) is 0 Å². The second-order valence-electron chi connectivity index (χ2n) is 7.13. The highest BCUT2D eigenvalue weighted by Crippen LogP contribution is 2.43. The normalized spacial score (nSPS) is 29.0. The summed E-state index contributed by atoms with van der Waals surface area (Å²) in [5.41, 5.74) is 0.00158. The van der Waals surface area contributed by atoms with Gasteiger partial charge >= 0.3 is 0 Å². The van der Waals surface area contributed by atoms with Crippen molar-refractivity contribution < 1.29 is 4.79 Å².